The van der Waals surface area contributed by atoms with Gasteiger partial charge in [0.1, 0.15) is 0 Å². The van der Waals surface area contributed by atoms with Gasteiger partial charge in [-0.1, -0.05) is 23.2 Å². The summed E-state index contributed by atoms with van der Waals surface area (Å²) in [5.74, 6) is 0. The van der Waals surface area contributed by atoms with E-state index in [0.717, 1.165) is 11.3 Å². The molecule has 0 aliphatic rings. The summed E-state index contributed by atoms with van der Waals surface area (Å²) in [7, 11) is 0. The van der Waals surface area contributed by atoms with Gasteiger partial charge in [0.15, 0.2) is 5.11 Å². The highest BCUT2D eigenvalue weighted by atomic mass is 35.5. The molecule has 0 bridgehead atoms. The van der Waals surface area contributed by atoms with Crippen molar-refractivity contribution >= 4 is 46.2 Å². The Morgan fingerprint density at radius 1 is 1.33 bits per heavy atom. The number of hydrogen-bond donors (Lipinski definition) is 2. The molecule has 0 spiro atoms. The number of rotatable bonds is 3. The molecule has 1 aromatic rings. The molecular weight excluding hydrogens is 289 g/mol. The molecule has 0 aromatic heterocycles. The molecule has 0 heterocycles. The maximum Gasteiger partial charge on any atom is 0.187 e. The topological polar surface area (TPSA) is 36.4 Å². The van der Waals surface area contributed by atoms with Gasteiger partial charge in [0.05, 0.1) is 5.71 Å². The van der Waals surface area contributed by atoms with Crippen LogP contribution in [0.2, 0.25) is 10.0 Å². The fraction of sp³-hybridized carbons (Fsp3) is 0.333. The first kappa shape index (κ1) is 15.2. The summed E-state index contributed by atoms with van der Waals surface area (Å²) < 4.78 is 0. The summed E-state index contributed by atoms with van der Waals surface area (Å²) in [4.78, 5) is 0. The van der Waals surface area contributed by atoms with Gasteiger partial charge in [-0.15, -0.1) is 0 Å². The monoisotopic (exact) mass is 303 g/mol. The number of benzene rings is 1. The summed E-state index contributed by atoms with van der Waals surface area (Å²) in [6, 6.07) is 5.50. The van der Waals surface area contributed by atoms with Gasteiger partial charge in [-0.25, -0.2) is 0 Å². The van der Waals surface area contributed by atoms with E-state index in [1.807, 2.05) is 20.8 Å². The maximum absolute atomic E-state index is 6.08. The molecule has 3 nitrogen and oxygen atoms in total. The Hall–Kier alpha value is -0.840. The maximum atomic E-state index is 6.08. The van der Waals surface area contributed by atoms with Crippen LogP contribution in [0.15, 0.2) is 23.3 Å². The Labute approximate surface area is 123 Å². The molecule has 0 radical (unpaired) electrons. The van der Waals surface area contributed by atoms with Crippen LogP contribution >= 0.6 is 35.4 Å². The second kappa shape index (κ2) is 6.92. The van der Waals surface area contributed by atoms with E-state index in [9.17, 15) is 0 Å². The van der Waals surface area contributed by atoms with E-state index >= 15 is 0 Å². The van der Waals surface area contributed by atoms with E-state index < -0.39 is 0 Å². The summed E-state index contributed by atoms with van der Waals surface area (Å²) in [6.45, 7) is 5.83. The zero-order valence-corrected chi connectivity index (χ0v) is 12.7. The van der Waals surface area contributed by atoms with Gasteiger partial charge < -0.3 is 5.32 Å². The molecule has 6 heteroatoms. The molecule has 1 rings (SSSR count). The van der Waals surface area contributed by atoms with Crippen molar-refractivity contribution in [3.63, 3.8) is 0 Å². The van der Waals surface area contributed by atoms with Crippen molar-refractivity contribution in [2.24, 2.45) is 5.10 Å². The molecule has 0 aliphatic carbocycles. The molecule has 0 saturated carbocycles. The Balaban J connectivity index is 2.77. The zero-order chi connectivity index (χ0) is 13.7. The fourth-order valence-electron chi connectivity index (χ4n) is 1.26. The van der Waals surface area contributed by atoms with E-state index in [0.29, 0.717) is 15.2 Å². The molecule has 0 amide bonds. The molecule has 98 valence electrons. The van der Waals surface area contributed by atoms with Crippen LogP contribution in [0.25, 0.3) is 0 Å². The van der Waals surface area contributed by atoms with Crippen molar-refractivity contribution in [2.75, 3.05) is 0 Å². The van der Waals surface area contributed by atoms with E-state index in [2.05, 4.69) is 15.8 Å². The molecule has 18 heavy (non-hydrogen) atoms. The number of thiocarbonyl (C=S) groups is 1. The lowest BCUT2D eigenvalue weighted by Crippen LogP contribution is -2.37. The number of hydrogen-bond acceptors (Lipinski definition) is 2. The minimum atomic E-state index is 0.260. The predicted molar refractivity (Wildman–Crippen MR) is 82.7 cm³/mol. The summed E-state index contributed by atoms with van der Waals surface area (Å²) in [5.41, 5.74) is 4.26. The molecule has 0 unspecified atom stereocenters. The third kappa shape index (κ3) is 4.80. The van der Waals surface area contributed by atoms with E-state index in [1.165, 1.54) is 0 Å². The standard InChI is InChI=1S/C12H15Cl2N3S/c1-7(2)15-12(18)17-16-8(3)10-6-9(13)4-5-11(10)14/h4-7H,1-3H3,(H2,15,17,18)/b16-8-. The van der Waals surface area contributed by atoms with Crippen molar-refractivity contribution in [3.05, 3.63) is 33.8 Å². The van der Waals surface area contributed by atoms with Crippen molar-refractivity contribution in [1.82, 2.24) is 10.7 Å². The lowest BCUT2D eigenvalue weighted by molar-refractivity contribution is 0.719. The van der Waals surface area contributed by atoms with Gasteiger partial charge in [-0.05, 0) is 51.2 Å². The van der Waals surface area contributed by atoms with Gasteiger partial charge in [0, 0.05) is 21.7 Å². The van der Waals surface area contributed by atoms with Crippen LogP contribution in [0.3, 0.4) is 0 Å². The average molecular weight is 304 g/mol. The number of nitrogens with one attached hydrogen (secondary N) is 2. The lowest BCUT2D eigenvalue weighted by Gasteiger charge is -2.11. The largest absolute Gasteiger partial charge is 0.359 e. The Kier molecular flexibility index (Phi) is 5.85. The molecule has 0 aliphatic heterocycles. The molecular formula is C12H15Cl2N3S. The molecule has 1 aromatic carbocycles. The molecule has 0 fully saturated rings. The lowest BCUT2D eigenvalue weighted by atomic mass is 10.1. The van der Waals surface area contributed by atoms with Crippen molar-refractivity contribution in [1.29, 1.82) is 0 Å². The summed E-state index contributed by atoms with van der Waals surface area (Å²) >= 11 is 17.1. The first-order valence-electron chi connectivity index (χ1n) is 5.46. The SMILES string of the molecule is C/C(=N/NC(=S)NC(C)C)c1cc(Cl)ccc1Cl. The van der Waals surface area contributed by atoms with Crippen LogP contribution in [0.1, 0.15) is 26.3 Å². The minimum absolute atomic E-state index is 0.260. The average Bonchev–Trinajstić information content (AvgIpc) is 2.28. The number of halogens is 2. The Bertz CT molecular complexity index is 472. The highest BCUT2D eigenvalue weighted by molar-refractivity contribution is 7.80. The van der Waals surface area contributed by atoms with Crippen LogP contribution in [-0.2, 0) is 0 Å². The zero-order valence-electron chi connectivity index (χ0n) is 10.4. The minimum Gasteiger partial charge on any atom is -0.359 e. The van der Waals surface area contributed by atoms with Gasteiger partial charge in [0.2, 0.25) is 0 Å². The second-order valence-electron chi connectivity index (χ2n) is 4.06. The number of nitrogens with zero attached hydrogens (tertiary/aromatic N) is 1. The number of hydrazone groups is 1. The van der Waals surface area contributed by atoms with Gasteiger partial charge in [0.25, 0.3) is 0 Å². The quantitative estimate of drug-likeness (QED) is 0.509. The summed E-state index contributed by atoms with van der Waals surface area (Å²) in [5, 5.41) is 8.89. The van der Waals surface area contributed by atoms with E-state index in [-0.39, 0.29) is 6.04 Å². The van der Waals surface area contributed by atoms with Crippen LogP contribution in [0.5, 0.6) is 0 Å². The Morgan fingerprint density at radius 2 is 2.00 bits per heavy atom. The first-order chi connectivity index (χ1) is 8.40. The highest BCUT2D eigenvalue weighted by Crippen LogP contribution is 2.21. The third-order valence-corrected chi connectivity index (χ3v) is 2.84. The Morgan fingerprint density at radius 3 is 2.61 bits per heavy atom. The fourth-order valence-corrected chi connectivity index (χ4v) is 1.97. The van der Waals surface area contributed by atoms with Gasteiger partial charge >= 0.3 is 0 Å². The van der Waals surface area contributed by atoms with Crippen molar-refractivity contribution in [2.45, 2.75) is 26.8 Å². The molecule has 0 saturated heterocycles. The van der Waals surface area contributed by atoms with Crippen molar-refractivity contribution in [3.8, 4) is 0 Å². The van der Waals surface area contributed by atoms with Crippen LogP contribution in [0, 0.1) is 0 Å². The van der Waals surface area contributed by atoms with Crippen LogP contribution < -0.4 is 10.7 Å². The second-order valence-corrected chi connectivity index (χ2v) is 5.31. The van der Waals surface area contributed by atoms with E-state index in [1.54, 1.807) is 18.2 Å². The van der Waals surface area contributed by atoms with Gasteiger partial charge in [-0.2, -0.15) is 5.10 Å². The van der Waals surface area contributed by atoms with E-state index in [4.69, 9.17) is 35.4 Å². The highest BCUT2D eigenvalue weighted by Gasteiger charge is 2.05. The predicted octanol–water partition coefficient (Wildman–Crippen LogP) is 3.59. The molecule has 0 atom stereocenters. The smallest absolute Gasteiger partial charge is 0.187 e. The van der Waals surface area contributed by atoms with Crippen LogP contribution in [0.4, 0.5) is 0 Å². The normalized spacial score (nSPS) is 11.6. The van der Waals surface area contributed by atoms with Gasteiger partial charge in [-0.3, -0.25) is 5.43 Å². The first-order valence-corrected chi connectivity index (χ1v) is 6.62. The van der Waals surface area contributed by atoms with Crippen LogP contribution in [-0.4, -0.2) is 16.9 Å². The summed E-state index contributed by atoms with van der Waals surface area (Å²) in [6.07, 6.45) is 0. The molecule has 2 N–H and O–H groups in total. The third-order valence-electron chi connectivity index (χ3n) is 2.06. The van der Waals surface area contributed by atoms with Crippen molar-refractivity contribution < 1.29 is 0 Å².